The monoisotopic (exact) mass is 282 g/mol. The standard InChI is InChI=1S/C15H26N2O3/c1-14(2)7-4-11(8-14)17-13(20)16-10-15(5-3-6-15)9-12(18)19/h11H,3-10H2,1-2H3,(H,18,19)(H2,16,17,20). The van der Waals surface area contributed by atoms with Crippen molar-refractivity contribution in [2.24, 2.45) is 10.8 Å². The van der Waals surface area contributed by atoms with Gasteiger partial charge in [-0.2, -0.15) is 0 Å². The minimum atomic E-state index is -0.774. The molecule has 0 aromatic rings. The largest absolute Gasteiger partial charge is 0.481 e. The first-order chi connectivity index (χ1) is 9.30. The van der Waals surface area contributed by atoms with Crippen LogP contribution in [0.15, 0.2) is 0 Å². The predicted octanol–water partition coefficient (Wildman–Crippen LogP) is 2.51. The molecule has 0 heterocycles. The summed E-state index contributed by atoms with van der Waals surface area (Å²) >= 11 is 0. The van der Waals surface area contributed by atoms with Crippen LogP contribution in [0.4, 0.5) is 4.79 Å². The Kier molecular flexibility index (Phi) is 4.25. The molecule has 2 saturated carbocycles. The molecule has 1 unspecified atom stereocenters. The Morgan fingerprint density at radius 3 is 2.40 bits per heavy atom. The SMILES string of the molecule is CC1(C)CCC(NC(=O)NCC2(CC(=O)O)CCC2)C1. The van der Waals surface area contributed by atoms with Crippen molar-refractivity contribution in [1.82, 2.24) is 10.6 Å². The van der Waals surface area contributed by atoms with Gasteiger partial charge < -0.3 is 15.7 Å². The fraction of sp³-hybridized carbons (Fsp3) is 0.867. The van der Waals surface area contributed by atoms with Crippen LogP contribution in [0.5, 0.6) is 0 Å². The zero-order chi connectivity index (χ0) is 14.8. The lowest BCUT2D eigenvalue weighted by atomic mass is 9.66. The fourth-order valence-electron chi connectivity index (χ4n) is 3.48. The van der Waals surface area contributed by atoms with Gasteiger partial charge in [-0.3, -0.25) is 4.79 Å². The Balaban J connectivity index is 1.73. The van der Waals surface area contributed by atoms with Crippen LogP contribution in [0.25, 0.3) is 0 Å². The quantitative estimate of drug-likeness (QED) is 0.725. The first-order valence-electron chi connectivity index (χ1n) is 7.57. The fourth-order valence-corrected chi connectivity index (χ4v) is 3.48. The maximum absolute atomic E-state index is 11.9. The molecule has 3 N–H and O–H groups in total. The zero-order valence-corrected chi connectivity index (χ0v) is 12.5. The molecule has 114 valence electrons. The molecule has 20 heavy (non-hydrogen) atoms. The van der Waals surface area contributed by atoms with Gasteiger partial charge in [0.1, 0.15) is 0 Å². The van der Waals surface area contributed by atoms with Crippen molar-refractivity contribution < 1.29 is 14.7 Å². The maximum atomic E-state index is 11.9. The van der Waals surface area contributed by atoms with Crippen molar-refractivity contribution in [2.75, 3.05) is 6.54 Å². The number of carbonyl (C=O) groups is 2. The Labute approximate surface area is 120 Å². The van der Waals surface area contributed by atoms with Gasteiger partial charge in [0.05, 0.1) is 6.42 Å². The Morgan fingerprint density at radius 1 is 1.25 bits per heavy atom. The number of aliphatic carboxylic acids is 1. The van der Waals surface area contributed by atoms with Gasteiger partial charge in [-0.05, 0) is 42.9 Å². The normalized spacial score (nSPS) is 26.6. The van der Waals surface area contributed by atoms with Crippen LogP contribution in [-0.4, -0.2) is 29.7 Å². The summed E-state index contributed by atoms with van der Waals surface area (Å²) in [5, 5.41) is 14.8. The molecule has 2 rings (SSSR count). The summed E-state index contributed by atoms with van der Waals surface area (Å²) in [5.41, 5.74) is 0.106. The van der Waals surface area contributed by atoms with E-state index in [-0.39, 0.29) is 23.9 Å². The van der Waals surface area contributed by atoms with Gasteiger partial charge in [0.15, 0.2) is 0 Å². The molecule has 2 fully saturated rings. The number of carbonyl (C=O) groups excluding carboxylic acids is 1. The van der Waals surface area contributed by atoms with Crippen LogP contribution in [0.1, 0.15) is 58.8 Å². The highest BCUT2D eigenvalue weighted by Crippen LogP contribution is 2.43. The number of urea groups is 1. The van der Waals surface area contributed by atoms with E-state index in [1.54, 1.807) is 0 Å². The summed E-state index contributed by atoms with van der Waals surface area (Å²) in [5.74, 6) is -0.774. The van der Waals surface area contributed by atoms with E-state index < -0.39 is 5.97 Å². The summed E-state index contributed by atoms with van der Waals surface area (Å²) in [7, 11) is 0. The lowest BCUT2D eigenvalue weighted by Crippen LogP contribution is -2.48. The summed E-state index contributed by atoms with van der Waals surface area (Å²) < 4.78 is 0. The van der Waals surface area contributed by atoms with E-state index in [0.717, 1.165) is 38.5 Å². The highest BCUT2D eigenvalue weighted by atomic mass is 16.4. The first kappa shape index (κ1) is 15.1. The van der Waals surface area contributed by atoms with Crippen molar-refractivity contribution in [2.45, 2.75) is 64.8 Å². The Morgan fingerprint density at radius 2 is 1.95 bits per heavy atom. The third-order valence-electron chi connectivity index (χ3n) is 4.87. The molecule has 0 radical (unpaired) electrons. The summed E-state index contributed by atoms with van der Waals surface area (Å²) in [6.45, 7) is 4.92. The predicted molar refractivity (Wildman–Crippen MR) is 76.5 cm³/mol. The van der Waals surface area contributed by atoms with Gasteiger partial charge in [-0.1, -0.05) is 20.3 Å². The molecule has 2 amide bonds. The van der Waals surface area contributed by atoms with Gasteiger partial charge in [-0.25, -0.2) is 4.79 Å². The first-order valence-corrected chi connectivity index (χ1v) is 7.57. The van der Waals surface area contributed by atoms with Crippen LogP contribution in [0.2, 0.25) is 0 Å². The van der Waals surface area contributed by atoms with Crippen molar-refractivity contribution in [1.29, 1.82) is 0 Å². The van der Waals surface area contributed by atoms with E-state index in [1.165, 1.54) is 0 Å². The average molecular weight is 282 g/mol. The second kappa shape index (κ2) is 5.62. The summed E-state index contributed by atoms with van der Waals surface area (Å²) in [6.07, 6.45) is 6.20. The number of nitrogens with one attached hydrogen (secondary N) is 2. The molecule has 0 bridgehead atoms. The minimum Gasteiger partial charge on any atom is -0.481 e. The molecule has 2 aliphatic carbocycles. The molecule has 0 aliphatic heterocycles. The average Bonchev–Trinajstić information content (AvgIpc) is 2.61. The van der Waals surface area contributed by atoms with Crippen molar-refractivity contribution in [3.8, 4) is 0 Å². The van der Waals surface area contributed by atoms with Crippen LogP contribution >= 0.6 is 0 Å². The molecule has 0 spiro atoms. The maximum Gasteiger partial charge on any atom is 0.315 e. The third-order valence-corrected chi connectivity index (χ3v) is 4.87. The van der Waals surface area contributed by atoms with Gasteiger partial charge in [0.25, 0.3) is 0 Å². The van der Waals surface area contributed by atoms with Gasteiger partial charge in [0, 0.05) is 12.6 Å². The van der Waals surface area contributed by atoms with E-state index >= 15 is 0 Å². The molecule has 5 heteroatoms. The molecule has 5 nitrogen and oxygen atoms in total. The van der Waals surface area contributed by atoms with Gasteiger partial charge >= 0.3 is 12.0 Å². The van der Waals surface area contributed by atoms with Gasteiger partial charge in [0.2, 0.25) is 0 Å². The molecule has 1 atom stereocenters. The lowest BCUT2D eigenvalue weighted by Gasteiger charge is -2.40. The highest BCUT2D eigenvalue weighted by molar-refractivity contribution is 5.74. The van der Waals surface area contributed by atoms with E-state index in [1.807, 2.05) is 0 Å². The third kappa shape index (κ3) is 3.87. The van der Waals surface area contributed by atoms with Crippen LogP contribution < -0.4 is 10.6 Å². The molecule has 0 saturated heterocycles. The second-order valence-electron chi connectivity index (χ2n) is 7.36. The topological polar surface area (TPSA) is 78.4 Å². The second-order valence-corrected chi connectivity index (χ2v) is 7.36. The van der Waals surface area contributed by atoms with E-state index in [2.05, 4.69) is 24.5 Å². The van der Waals surface area contributed by atoms with E-state index in [9.17, 15) is 9.59 Å². The molecule has 2 aliphatic rings. The number of carboxylic acid groups (broad SMARTS) is 1. The van der Waals surface area contributed by atoms with Crippen molar-refractivity contribution in [3.63, 3.8) is 0 Å². The summed E-state index contributed by atoms with van der Waals surface area (Å²) in [6, 6.07) is 0.103. The number of rotatable bonds is 5. The van der Waals surface area contributed by atoms with Crippen molar-refractivity contribution >= 4 is 12.0 Å². The Bertz CT molecular complexity index is 389. The van der Waals surface area contributed by atoms with E-state index in [4.69, 9.17) is 5.11 Å². The smallest absolute Gasteiger partial charge is 0.315 e. The van der Waals surface area contributed by atoms with Crippen LogP contribution in [-0.2, 0) is 4.79 Å². The lowest BCUT2D eigenvalue weighted by molar-refractivity contribution is -0.141. The number of amides is 2. The molecular weight excluding hydrogens is 256 g/mol. The van der Waals surface area contributed by atoms with Crippen LogP contribution in [0.3, 0.4) is 0 Å². The number of carboxylic acids is 1. The molecule has 0 aromatic carbocycles. The highest BCUT2D eigenvalue weighted by Gasteiger charge is 2.39. The number of hydrogen-bond acceptors (Lipinski definition) is 2. The van der Waals surface area contributed by atoms with Gasteiger partial charge in [-0.15, -0.1) is 0 Å². The number of hydrogen-bond donors (Lipinski definition) is 3. The van der Waals surface area contributed by atoms with Crippen molar-refractivity contribution in [3.05, 3.63) is 0 Å². The zero-order valence-electron chi connectivity index (χ0n) is 12.5. The van der Waals surface area contributed by atoms with Crippen LogP contribution in [0, 0.1) is 10.8 Å². The molecular formula is C15H26N2O3. The molecule has 0 aromatic heterocycles. The summed E-state index contributed by atoms with van der Waals surface area (Å²) in [4.78, 5) is 22.8. The minimum absolute atomic E-state index is 0.149. The van der Waals surface area contributed by atoms with E-state index in [0.29, 0.717) is 12.0 Å². The Hall–Kier alpha value is -1.26.